The molecule has 0 spiro atoms. The van der Waals surface area contributed by atoms with Crippen molar-refractivity contribution in [3.05, 3.63) is 82.1 Å². The Morgan fingerprint density at radius 3 is 2.46 bits per heavy atom. The summed E-state index contributed by atoms with van der Waals surface area (Å²) >= 11 is 3.39. The second-order valence-electron chi connectivity index (χ2n) is 6.28. The molecule has 0 saturated heterocycles. The van der Waals surface area contributed by atoms with Crippen LogP contribution in [0.3, 0.4) is 0 Å². The average Bonchev–Trinajstić information content (AvgIpc) is 3.10. The molecule has 3 rings (SSSR count). The molecule has 1 aromatic heterocycles. The lowest BCUT2D eigenvalue weighted by atomic mass is 10.0. The van der Waals surface area contributed by atoms with E-state index in [1.807, 2.05) is 61.5 Å². The summed E-state index contributed by atoms with van der Waals surface area (Å²) in [4.78, 5) is 24.6. The Bertz CT molecular complexity index is 968. The van der Waals surface area contributed by atoms with E-state index >= 15 is 0 Å². The second-order valence-corrected chi connectivity index (χ2v) is 7.19. The molecule has 0 aliphatic rings. The molecule has 2 aromatic carbocycles. The van der Waals surface area contributed by atoms with Crippen LogP contribution in [0.2, 0.25) is 0 Å². The lowest BCUT2D eigenvalue weighted by Gasteiger charge is -2.17. The van der Waals surface area contributed by atoms with Crippen molar-refractivity contribution in [3.63, 3.8) is 0 Å². The topological polar surface area (TPSA) is 73.2 Å². The number of benzene rings is 2. The third kappa shape index (κ3) is 4.67. The van der Waals surface area contributed by atoms with Gasteiger partial charge in [0, 0.05) is 10.2 Å². The molecule has 0 bridgehead atoms. The first-order valence-electron chi connectivity index (χ1n) is 8.73. The van der Waals surface area contributed by atoms with Gasteiger partial charge in [-0.25, -0.2) is 4.68 Å². The standard InChI is InChI=1S/C21H20BrN3O3/c1-14-12-19(24-25(14)17-6-4-3-5-7-17)21(27)23-18(13-20(26)28-2)15-8-10-16(22)11-9-15/h3-12,18H,13H2,1-2H3,(H,23,27). The summed E-state index contributed by atoms with van der Waals surface area (Å²) in [5.41, 5.74) is 2.80. The maximum absolute atomic E-state index is 12.8. The fourth-order valence-electron chi connectivity index (χ4n) is 2.85. The van der Waals surface area contributed by atoms with Crippen LogP contribution in [0.5, 0.6) is 0 Å². The first-order valence-corrected chi connectivity index (χ1v) is 9.52. The number of amides is 1. The van der Waals surface area contributed by atoms with E-state index in [1.54, 1.807) is 10.7 Å². The van der Waals surface area contributed by atoms with Gasteiger partial charge in [0.15, 0.2) is 5.69 Å². The van der Waals surface area contributed by atoms with Crippen LogP contribution in [0.15, 0.2) is 65.1 Å². The molecule has 3 aromatic rings. The van der Waals surface area contributed by atoms with Crippen molar-refractivity contribution in [2.24, 2.45) is 0 Å². The zero-order valence-electron chi connectivity index (χ0n) is 15.6. The number of carbonyl (C=O) groups excluding carboxylic acids is 2. The Labute approximate surface area is 171 Å². The van der Waals surface area contributed by atoms with Gasteiger partial charge in [-0.3, -0.25) is 9.59 Å². The Morgan fingerprint density at radius 1 is 1.14 bits per heavy atom. The molecule has 0 fully saturated rings. The molecule has 7 heteroatoms. The summed E-state index contributed by atoms with van der Waals surface area (Å²) in [5, 5.41) is 7.32. The van der Waals surface area contributed by atoms with Crippen LogP contribution in [0, 0.1) is 6.92 Å². The summed E-state index contributed by atoms with van der Waals surface area (Å²) in [6, 6.07) is 18.2. The predicted octanol–water partition coefficient (Wildman–Crippen LogP) is 3.98. The van der Waals surface area contributed by atoms with Crippen LogP contribution in [-0.4, -0.2) is 28.8 Å². The van der Waals surface area contributed by atoms with Crippen LogP contribution < -0.4 is 5.32 Å². The number of aromatic nitrogens is 2. The van der Waals surface area contributed by atoms with Crippen molar-refractivity contribution in [1.29, 1.82) is 0 Å². The minimum atomic E-state index is -0.518. The normalized spacial score (nSPS) is 11.7. The fourth-order valence-corrected chi connectivity index (χ4v) is 3.11. The Morgan fingerprint density at radius 2 is 1.82 bits per heavy atom. The Balaban J connectivity index is 1.83. The van der Waals surface area contributed by atoms with E-state index in [9.17, 15) is 9.59 Å². The van der Waals surface area contributed by atoms with Crippen molar-refractivity contribution in [3.8, 4) is 5.69 Å². The summed E-state index contributed by atoms with van der Waals surface area (Å²) in [6.07, 6.45) is 0.0300. The van der Waals surface area contributed by atoms with Crippen molar-refractivity contribution in [2.75, 3.05) is 7.11 Å². The SMILES string of the molecule is COC(=O)CC(NC(=O)c1cc(C)n(-c2ccccc2)n1)c1ccc(Br)cc1. The molecular weight excluding hydrogens is 422 g/mol. The summed E-state index contributed by atoms with van der Waals surface area (Å²) in [5.74, 6) is -0.756. The van der Waals surface area contributed by atoms with Crippen molar-refractivity contribution >= 4 is 27.8 Å². The number of hydrogen-bond donors (Lipinski definition) is 1. The molecule has 1 atom stereocenters. The highest BCUT2D eigenvalue weighted by molar-refractivity contribution is 9.10. The Hall–Kier alpha value is -2.93. The van der Waals surface area contributed by atoms with E-state index in [2.05, 4.69) is 26.3 Å². The van der Waals surface area contributed by atoms with Gasteiger partial charge in [0.25, 0.3) is 5.91 Å². The van der Waals surface area contributed by atoms with Gasteiger partial charge in [0.2, 0.25) is 0 Å². The number of halogens is 1. The van der Waals surface area contributed by atoms with Crippen molar-refractivity contribution < 1.29 is 14.3 Å². The smallest absolute Gasteiger partial charge is 0.307 e. The minimum absolute atomic E-state index is 0.0300. The quantitative estimate of drug-likeness (QED) is 0.587. The maximum Gasteiger partial charge on any atom is 0.307 e. The molecule has 0 radical (unpaired) electrons. The maximum atomic E-state index is 12.8. The number of esters is 1. The second kappa shape index (κ2) is 8.84. The van der Waals surface area contributed by atoms with E-state index in [0.29, 0.717) is 0 Å². The van der Waals surface area contributed by atoms with E-state index in [4.69, 9.17) is 4.74 Å². The molecule has 1 unspecified atom stereocenters. The number of ether oxygens (including phenoxy) is 1. The largest absolute Gasteiger partial charge is 0.469 e. The van der Waals surface area contributed by atoms with Gasteiger partial charge in [-0.05, 0) is 42.8 Å². The van der Waals surface area contributed by atoms with Gasteiger partial charge >= 0.3 is 5.97 Å². The monoisotopic (exact) mass is 441 g/mol. The number of para-hydroxylation sites is 1. The van der Waals surface area contributed by atoms with Gasteiger partial charge < -0.3 is 10.1 Å². The lowest BCUT2D eigenvalue weighted by Crippen LogP contribution is -2.30. The fraction of sp³-hybridized carbons (Fsp3) is 0.190. The average molecular weight is 442 g/mol. The summed E-state index contributed by atoms with van der Waals surface area (Å²) < 4.78 is 7.40. The Kier molecular flexibility index (Phi) is 6.26. The molecule has 0 aliphatic heterocycles. The molecule has 6 nitrogen and oxygen atoms in total. The zero-order chi connectivity index (χ0) is 20.1. The number of nitrogens with zero attached hydrogens (tertiary/aromatic N) is 2. The number of methoxy groups -OCH3 is 1. The van der Waals surface area contributed by atoms with Crippen molar-refractivity contribution in [2.45, 2.75) is 19.4 Å². The van der Waals surface area contributed by atoms with Gasteiger partial charge in [-0.15, -0.1) is 0 Å². The van der Waals surface area contributed by atoms with E-state index < -0.39 is 12.0 Å². The molecule has 1 heterocycles. The lowest BCUT2D eigenvalue weighted by molar-refractivity contribution is -0.141. The molecule has 1 amide bonds. The van der Waals surface area contributed by atoms with Gasteiger partial charge in [-0.1, -0.05) is 46.3 Å². The van der Waals surface area contributed by atoms with Crippen LogP contribution in [0.1, 0.15) is 34.2 Å². The highest BCUT2D eigenvalue weighted by Crippen LogP contribution is 2.21. The minimum Gasteiger partial charge on any atom is -0.469 e. The molecule has 0 aliphatic carbocycles. The van der Waals surface area contributed by atoms with E-state index in [0.717, 1.165) is 21.4 Å². The molecule has 0 saturated carbocycles. The number of nitrogens with one attached hydrogen (secondary N) is 1. The molecule has 28 heavy (non-hydrogen) atoms. The van der Waals surface area contributed by atoms with Crippen LogP contribution in [0.4, 0.5) is 0 Å². The van der Waals surface area contributed by atoms with E-state index in [-0.39, 0.29) is 18.0 Å². The van der Waals surface area contributed by atoms with Gasteiger partial charge in [-0.2, -0.15) is 5.10 Å². The first-order chi connectivity index (χ1) is 13.5. The third-order valence-corrected chi connectivity index (χ3v) is 4.83. The highest BCUT2D eigenvalue weighted by atomic mass is 79.9. The predicted molar refractivity (Wildman–Crippen MR) is 109 cm³/mol. The first kappa shape index (κ1) is 19.8. The van der Waals surface area contributed by atoms with Gasteiger partial charge in [0.1, 0.15) is 0 Å². The van der Waals surface area contributed by atoms with Crippen molar-refractivity contribution in [1.82, 2.24) is 15.1 Å². The number of carbonyl (C=O) groups is 2. The number of rotatable bonds is 6. The summed E-state index contributed by atoms with van der Waals surface area (Å²) in [7, 11) is 1.33. The van der Waals surface area contributed by atoms with Crippen LogP contribution in [-0.2, 0) is 9.53 Å². The highest BCUT2D eigenvalue weighted by Gasteiger charge is 2.22. The van der Waals surface area contributed by atoms with Crippen LogP contribution >= 0.6 is 15.9 Å². The van der Waals surface area contributed by atoms with Gasteiger partial charge in [0.05, 0.1) is 25.3 Å². The molecule has 144 valence electrons. The number of hydrogen-bond acceptors (Lipinski definition) is 4. The molecular formula is C21H20BrN3O3. The third-order valence-electron chi connectivity index (χ3n) is 4.30. The van der Waals surface area contributed by atoms with E-state index in [1.165, 1.54) is 7.11 Å². The van der Waals surface area contributed by atoms with Crippen LogP contribution in [0.25, 0.3) is 5.69 Å². The molecule has 1 N–H and O–H groups in total. The number of aryl methyl sites for hydroxylation is 1. The summed E-state index contributed by atoms with van der Waals surface area (Å²) in [6.45, 7) is 1.89. The zero-order valence-corrected chi connectivity index (χ0v) is 17.1.